The minimum Gasteiger partial charge on any atom is -0.505 e. The predicted molar refractivity (Wildman–Crippen MR) is 292 cm³/mol. The molecule has 0 saturated heterocycles. The lowest BCUT2D eigenvalue weighted by atomic mass is 10.1. The number of aliphatic hydroxyl groups is 2. The number of ether oxygens (including phenoxy) is 2. The van der Waals surface area contributed by atoms with Gasteiger partial charge in [-0.25, -0.2) is 4.79 Å². The number of carboxylic acid groups (broad SMARTS) is 1. The first kappa shape index (κ1) is 60.8. The smallest absolute Gasteiger partial charge is 0.338 e. The number of benzene rings is 7. The zero-order chi connectivity index (χ0) is 61.4. The van der Waals surface area contributed by atoms with E-state index in [1.165, 1.54) is 81.4 Å². The highest BCUT2D eigenvalue weighted by Gasteiger charge is 2.27. The lowest BCUT2D eigenvalue weighted by Crippen LogP contribution is -2.04. The summed E-state index contributed by atoms with van der Waals surface area (Å²) >= 11 is 0. The standard InChI is InChI=1S/C49H42N10O21S4/c1-23-15-40(82(70,71)72)24(2)14-35(23)52-53-36-21-39(80-13-11-61)37(22-38(36)79-12-10-60)54-57-45-41(83(73,74)75)18-26-16-28(4-7-31(26)46(45)62)50-55-43-25(3)58-59(48(43)64)29-5-8-32-27(17-29)19-42(84(76,77)78)44(47(32)63)56-51-34-9-6-30(81(67,68)69)20-33(34)49(65)66/h4-9,14-22,60-64H,10-13H2,1-3H3,(H,65,66)(H,67,68,69)(H,70,71,72)(H,73,74,75)(H,76,77,78). The summed E-state index contributed by atoms with van der Waals surface area (Å²) in [5.74, 6) is -4.29. The summed E-state index contributed by atoms with van der Waals surface area (Å²) in [6.45, 7) is 2.77. The number of phenolic OH excluding ortho intramolecular Hbond substituents is 2. The van der Waals surface area contributed by atoms with Gasteiger partial charge in [0, 0.05) is 22.9 Å². The zero-order valence-corrected chi connectivity index (χ0v) is 46.3. The number of azo groups is 4. The van der Waals surface area contributed by atoms with E-state index in [9.17, 15) is 87.3 Å². The summed E-state index contributed by atoms with van der Waals surface area (Å²) < 4.78 is 150. The number of aliphatic hydroxyl groups excluding tert-OH is 2. The second-order valence-corrected chi connectivity index (χ2v) is 23.2. The highest BCUT2D eigenvalue weighted by atomic mass is 32.2. The van der Waals surface area contributed by atoms with E-state index in [4.69, 9.17) is 9.47 Å². The van der Waals surface area contributed by atoms with E-state index in [0.29, 0.717) is 11.6 Å². The van der Waals surface area contributed by atoms with Crippen molar-refractivity contribution in [3.8, 4) is 34.6 Å². The van der Waals surface area contributed by atoms with E-state index in [-0.39, 0.29) is 96.5 Å². The maximum atomic E-state index is 12.9. The lowest BCUT2D eigenvalue weighted by molar-refractivity contribution is 0.0697. The quantitative estimate of drug-likeness (QED) is 0.0251. The van der Waals surface area contributed by atoms with E-state index < -0.39 is 114 Å². The van der Waals surface area contributed by atoms with Crippen LogP contribution in [0.1, 0.15) is 27.2 Å². The highest BCUT2D eigenvalue weighted by molar-refractivity contribution is 7.86. The van der Waals surface area contributed by atoms with Crippen molar-refractivity contribution in [1.82, 2.24) is 9.78 Å². The van der Waals surface area contributed by atoms with Crippen LogP contribution in [0.15, 0.2) is 151 Å². The average molecular weight is 1240 g/mol. The number of aromatic carboxylic acids is 1. The molecule has 10 N–H and O–H groups in total. The van der Waals surface area contributed by atoms with Gasteiger partial charge in [-0.15, -0.1) is 30.7 Å². The van der Waals surface area contributed by atoms with E-state index in [2.05, 4.69) is 46.0 Å². The molecule has 0 atom stereocenters. The molecule has 31 nitrogen and oxygen atoms in total. The molecule has 0 saturated carbocycles. The van der Waals surface area contributed by atoms with Crippen molar-refractivity contribution in [2.45, 2.75) is 40.4 Å². The average Bonchev–Trinajstić information content (AvgIpc) is 2.49. The number of fused-ring (bicyclic) bond motifs is 2. The minimum absolute atomic E-state index is 0.0102. The zero-order valence-electron chi connectivity index (χ0n) is 43.1. The van der Waals surface area contributed by atoms with Crippen molar-refractivity contribution in [2.75, 3.05) is 26.4 Å². The summed E-state index contributed by atoms with van der Waals surface area (Å²) in [5, 5.41) is 98.9. The molecule has 438 valence electrons. The van der Waals surface area contributed by atoms with Crippen LogP contribution in [0.2, 0.25) is 0 Å². The molecule has 35 heteroatoms. The molecule has 84 heavy (non-hydrogen) atoms. The Morgan fingerprint density at radius 1 is 0.512 bits per heavy atom. The number of hydrogen-bond acceptors (Lipinski definition) is 25. The fourth-order valence-electron chi connectivity index (χ4n) is 8.02. The summed E-state index contributed by atoms with van der Waals surface area (Å²) in [4.78, 5) is 8.76. The number of carbonyl (C=O) groups is 1. The van der Waals surface area contributed by atoms with Gasteiger partial charge in [0.2, 0.25) is 5.88 Å². The van der Waals surface area contributed by atoms with Crippen LogP contribution >= 0.6 is 0 Å². The maximum Gasteiger partial charge on any atom is 0.338 e. The van der Waals surface area contributed by atoms with Crippen molar-refractivity contribution in [3.05, 3.63) is 113 Å². The van der Waals surface area contributed by atoms with E-state index >= 15 is 0 Å². The van der Waals surface area contributed by atoms with Gasteiger partial charge in [0.15, 0.2) is 17.2 Å². The summed E-state index contributed by atoms with van der Waals surface area (Å²) in [7, 11) is -19.9. The monoisotopic (exact) mass is 1230 g/mol. The van der Waals surface area contributed by atoms with Crippen molar-refractivity contribution in [2.24, 2.45) is 40.9 Å². The molecular weight excluding hydrogens is 1190 g/mol. The molecule has 8 rings (SSSR count). The molecule has 0 aliphatic carbocycles. The number of aromatic hydroxyl groups is 3. The normalized spacial score (nSPS) is 12.7. The molecule has 0 bridgehead atoms. The fourth-order valence-corrected chi connectivity index (χ4v) is 10.6. The SMILES string of the molecule is Cc1cc(S(=O)(=O)O)c(C)cc1N=Nc1cc(OCCO)c(N=Nc2c(S(=O)(=O)O)cc3cc(N=Nc4c(C)nn(-c5ccc6c(O)c(N=Nc7ccc(S(=O)(=O)O)cc7C(=O)O)c(S(=O)(=O)O)cc6c5)c4O)ccc3c2O)cc1OCCO. The van der Waals surface area contributed by atoms with Gasteiger partial charge in [0.1, 0.15) is 62.9 Å². The third-order valence-corrected chi connectivity index (χ3v) is 15.5. The molecule has 7 aromatic carbocycles. The Morgan fingerprint density at radius 2 is 1.01 bits per heavy atom. The number of phenols is 2. The van der Waals surface area contributed by atoms with Gasteiger partial charge in [0.25, 0.3) is 40.5 Å². The van der Waals surface area contributed by atoms with Gasteiger partial charge in [-0.3, -0.25) is 18.2 Å². The molecule has 1 heterocycles. The Kier molecular flexibility index (Phi) is 17.0. The molecule has 0 spiro atoms. The molecule has 0 fully saturated rings. The highest BCUT2D eigenvalue weighted by Crippen LogP contribution is 2.47. The Hall–Kier alpha value is -9.30. The third kappa shape index (κ3) is 13.0. The first-order valence-corrected chi connectivity index (χ1v) is 29.2. The van der Waals surface area contributed by atoms with Crippen molar-refractivity contribution in [3.63, 3.8) is 0 Å². The number of rotatable bonds is 20. The van der Waals surface area contributed by atoms with Gasteiger partial charge < -0.3 is 40.1 Å². The largest absolute Gasteiger partial charge is 0.505 e. The molecule has 0 unspecified atom stereocenters. The van der Waals surface area contributed by atoms with Gasteiger partial charge >= 0.3 is 5.97 Å². The van der Waals surface area contributed by atoms with Crippen molar-refractivity contribution < 1.29 is 96.8 Å². The second kappa shape index (κ2) is 23.5. The van der Waals surface area contributed by atoms with Gasteiger partial charge in [0.05, 0.1) is 51.3 Å². The van der Waals surface area contributed by atoms with Crippen LogP contribution in [0.4, 0.5) is 45.5 Å². The van der Waals surface area contributed by atoms with Crippen LogP contribution in [-0.4, -0.2) is 125 Å². The number of nitrogens with zero attached hydrogens (tertiary/aromatic N) is 10. The molecule has 8 aromatic rings. The Balaban J connectivity index is 1.11. The Labute approximate surface area is 473 Å². The number of carboxylic acids is 1. The molecule has 1 aromatic heterocycles. The summed E-state index contributed by atoms with van der Waals surface area (Å²) in [6, 6.07) is 16.6. The number of aromatic nitrogens is 2. The molecule has 0 amide bonds. The van der Waals surface area contributed by atoms with E-state index in [1.807, 2.05) is 0 Å². The number of hydrogen-bond donors (Lipinski definition) is 10. The van der Waals surface area contributed by atoms with Crippen LogP contribution in [0.25, 0.3) is 27.2 Å². The predicted octanol–water partition coefficient (Wildman–Crippen LogP) is 9.31. The molecular formula is C49H42N10O21S4. The number of aryl methyl sites for hydroxylation is 3. The molecule has 0 aliphatic heterocycles. The van der Waals surface area contributed by atoms with Gasteiger partial charge in [-0.1, -0.05) is 0 Å². The molecule has 0 aliphatic rings. The van der Waals surface area contributed by atoms with Crippen LogP contribution in [-0.2, 0) is 40.5 Å². The summed E-state index contributed by atoms with van der Waals surface area (Å²) in [6.07, 6.45) is 0. The summed E-state index contributed by atoms with van der Waals surface area (Å²) in [5.41, 5.74) is -2.73. The van der Waals surface area contributed by atoms with Crippen LogP contribution in [0, 0.1) is 20.8 Å². The second-order valence-electron chi connectivity index (χ2n) is 17.6. The lowest BCUT2D eigenvalue weighted by Gasteiger charge is -2.13. The van der Waals surface area contributed by atoms with E-state index in [1.54, 1.807) is 0 Å². The fraction of sp³-hybridized carbons (Fsp3) is 0.143. The van der Waals surface area contributed by atoms with Crippen LogP contribution < -0.4 is 9.47 Å². The third-order valence-electron chi connectivity index (χ3n) is 11.9. The van der Waals surface area contributed by atoms with Gasteiger partial charge in [-0.2, -0.15) is 53.7 Å². The molecule has 0 radical (unpaired) electrons. The minimum atomic E-state index is -5.24. The first-order valence-electron chi connectivity index (χ1n) is 23.5. The van der Waals surface area contributed by atoms with Gasteiger partial charge in [-0.05, 0) is 122 Å². The Bertz CT molecular complexity index is 4650. The van der Waals surface area contributed by atoms with Crippen LogP contribution in [0.3, 0.4) is 0 Å². The van der Waals surface area contributed by atoms with Crippen molar-refractivity contribution >= 4 is 113 Å². The van der Waals surface area contributed by atoms with E-state index in [0.717, 1.165) is 28.9 Å². The maximum absolute atomic E-state index is 12.9. The topological polar surface area (TPSA) is 491 Å². The first-order chi connectivity index (χ1) is 39.4. The van der Waals surface area contributed by atoms with Crippen LogP contribution in [0.5, 0.6) is 28.9 Å². The Morgan fingerprint density at radius 3 is 1.54 bits per heavy atom. The van der Waals surface area contributed by atoms with Crippen molar-refractivity contribution in [1.29, 1.82) is 0 Å².